The average molecular weight is 510 g/mol. The molecule has 0 aromatic rings. The predicted octanol–water partition coefficient (Wildman–Crippen LogP) is -11.1. The molecule has 0 radical (unpaired) electrons. The molecule has 0 N–H and O–H groups in total. The average Bonchev–Trinajstić information content (AvgIpc) is 1.86. The van der Waals surface area contributed by atoms with E-state index in [2.05, 4.69) is 0.800 Å². The van der Waals surface area contributed by atoms with Crippen molar-refractivity contribution < 1.29 is 61.9 Å². The Kier molecular flexibility index (Phi) is 24.5. The standard InChI is InChI=1S/CHAs4.3ClH.Zr/c1-2-4-5-3-1;;;;/h2H;3*1H;/q;;;;+3/p-3. The Morgan fingerprint density at radius 1 is 1.22 bits per heavy atom. The molecule has 0 nitrogen and oxygen atoms in total. The number of hydrogen-bond donors (Lipinski definition) is 0. The van der Waals surface area contributed by atoms with Crippen LogP contribution >= 0.6 is 0 Å². The summed E-state index contributed by atoms with van der Waals surface area (Å²) in [7, 11) is 0. The van der Waals surface area contributed by atoms with Crippen molar-refractivity contribution in [2.45, 2.75) is 0 Å². The van der Waals surface area contributed by atoms with Crippen LogP contribution in [-0.2, 0) is 24.7 Å². The molecule has 0 aromatic carbocycles. The SMILES string of the molecule is [Cl-].[Cl-].[Cl-].[Zr+3][C]1=[As][As]=[As][AsH]1. The van der Waals surface area contributed by atoms with Gasteiger partial charge < -0.3 is 37.2 Å². The Labute approximate surface area is 109 Å². The minimum atomic E-state index is 0. The van der Waals surface area contributed by atoms with Crippen LogP contribution in [-0.4, -0.2) is 49.9 Å². The van der Waals surface area contributed by atoms with Crippen molar-refractivity contribution in [2.75, 3.05) is 0 Å². The zero-order valence-electron chi connectivity index (χ0n) is 3.98. The van der Waals surface area contributed by atoms with Crippen molar-refractivity contribution in [3.05, 3.63) is 0 Å². The maximum atomic E-state index is 2.10. The van der Waals surface area contributed by atoms with Crippen molar-refractivity contribution in [1.82, 2.24) is 0 Å². The molecule has 50 valence electrons. The summed E-state index contributed by atoms with van der Waals surface area (Å²) in [5.74, 6) is 0. The first kappa shape index (κ1) is 18.6. The van der Waals surface area contributed by atoms with Crippen molar-refractivity contribution in [3.8, 4) is 0 Å². The molecular formula is CHAs4Cl3Zr. The Morgan fingerprint density at radius 3 is 1.89 bits per heavy atom. The molecule has 1 aliphatic rings. The third-order valence-electron chi connectivity index (χ3n) is 0.345. The van der Waals surface area contributed by atoms with Gasteiger partial charge in [0.2, 0.25) is 0 Å². The second-order valence-corrected chi connectivity index (χ2v) is 42.6. The molecule has 9 heavy (non-hydrogen) atoms. The monoisotopic (exact) mass is 508 g/mol. The summed E-state index contributed by atoms with van der Waals surface area (Å²) in [5.41, 5.74) is 0. The predicted molar refractivity (Wildman–Crippen MR) is 29.4 cm³/mol. The van der Waals surface area contributed by atoms with Gasteiger partial charge in [-0.2, -0.15) is 0 Å². The topological polar surface area (TPSA) is 0 Å². The van der Waals surface area contributed by atoms with Gasteiger partial charge in [-0.1, -0.05) is 0 Å². The third-order valence-corrected chi connectivity index (χ3v) is 76.8. The van der Waals surface area contributed by atoms with Crippen LogP contribution in [0.1, 0.15) is 0 Å². The van der Waals surface area contributed by atoms with Crippen molar-refractivity contribution in [2.24, 2.45) is 0 Å². The van der Waals surface area contributed by atoms with Gasteiger partial charge in [-0.3, -0.25) is 0 Å². The first-order valence-corrected chi connectivity index (χ1v) is 20.8. The summed E-state index contributed by atoms with van der Waals surface area (Å²) < 4.78 is 2.10. The van der Waals surface area contributed by atoms with E-state index in [-0.39, 0.29) is 37.2 Å². The fourth-order valence-electron chi connectivity index (χ4n) is 0.159. The van der Waals surface area contributed by atoms with Gasteiger partial charge >= 0.3 is 74.6 Å². The summed E-state index contributed by atoms with van der Waals surface area (Å²) in [6, 6.07) is 0. The van der Waals surface area contributed by atoms with Gasteiger partial charge in [-0.15, -0.1) is 0 Å². The van der Waals surface area contributed by atoms with Gasteiger partial charge in [-0.05, 0) is 0 Å². The molecule has 1 unspecified atom stereocenters. The van der Waals surface area contributed by atoms with Crippen LogP contribution in [0.4, 0.5) is 0 Å². The molecule has 8 heteroatoms. The van der Waals surface area contributed by atoms with Gasteiger partial charge in [-0.25, -0.2) is 0 Å². The van der Waals surface area contributed by atoms with E-state index in [9.17, 15) is 0 Å². The molecule has 0 bridgehead atoms. The van der Waals surface area contributed by atoms with Crippen LogP contribution in [0.25, 0.3) is 0 Å². The number of halogens is 3. The van der Waals surface area contributed by atoms with Crippen LogP contribution in [0.3, 0.4) is 0 Å². The Bertz CT molecular complexity index is 112. The van der Waals surface area contributed by atoms with Crippen LogP contribution in [0.2, 0.25) is 0 Å². The molecular weight excluding hydrogens is 509 g/mol. The molecule has 0 saturated heterocycles. The van der Waals surface area contributed by atoms with Gasteiger partial charge in [0.25, 0.3) is 0 Å². The van der Waals surface area contributed by atoms with E-state index in [1.54, 1.807) is 0 Å². The minimum absolute atomic E-state index is 0. The van der Waals surface area contributed by atoms with Crippen LogP contribution < -0.4 is 37.2 Å². The fraction of sp³-hybridized carbons (Fsp3) is 0. The van der Waals surface area contributed by atoms with E-state index in [4.69, 9.17) is 0 Å². The first-order chi connectivity index (χ1) is 2.89. The zero-order valence-corrected chi connectivity index (χ0v) is 16.4. The van der Waals surface area contributed by atoms with Gasteiger partial charge in [0.1, 0.15) is 0 Å². The second-order valence-electron chi connectivity index (χ2n) is 0.750. The molecule has 1 heterocycles. The molecule has 0 aliphatic carbocycles. The van der Waals surface area contributed by atoms with E-state index >= 15 is 0 Å². The molecule has 0 spiro atoms. The van der Waals surface area contributed by atoms with E-state index in [0.717, 1.165) is 35.4 Å². The normalized spacial score (nSPS) is 20.4. The fourth-order valence-corrected chi connectivity index (χ4v) is 121. The van der Waals surface area contributed by atoms with Crippen molar-refractivity contribution in [1.29, 1.82) is 0 Å². The van der Waals surface area contributed by atoms with E-state index in [0.29, 0.717) is 13.7 Å². The molecule has 1 rings (SSSR count). The molecule has 0 saturated carbocycles. The van der Waals surface area contributed by atoms with Crippen LogP contribution in [0, 0.1) is 0 Å². The van der Waals surface area contributed by atoms with Gasteiger partial charge in [0.05, 0.1) is 0 Å². The summed E-state index contributed by atoms with van der Waals surface area (Å²) in [6.45, 7) is 0. The summed E-state index contributed by atoms with van der Waals surface area (Å²) in [5, 5.41) is 0. The molecule has 0 amide bonds. The molecule has 1 aliphatic heterocycles. The van der Waals surface area contributed by atoms with Crippen molar-refractivity contribution >= 4 is 49.9 Å². The zero-order chi connectivity index (χ0) is 4.41. The quantitative estimate of drug-likeness (QED) is 0.285. The van der Waals surface area contributed by atoms with Crippen LogP contribution in [0.15, 0.2) is 0 Å². The van der Waals surface area contributed by atoms with E-state index in [1.165, 1.54) is 0 Å². The molecule has 1 atom stereocenters. The summed E-state index contributed by atoms with van der Waals surface area (Å²) >= 11 is 5.59. The summed E-state index contributed by atoms with van der Waals surface area (Å²) in [4.78, 5) is 0. The Morgan fingerprint density at radius 2 is 1.78 bits per heavy atom. The molecule has 0 aromatic heterocycles. The number of rotatable bonds is 0. The maximum absolute atomic E-state index is 2.10. The van der Waals surface area contributed by atoms with E-state index < -0.39 is 0 Å². The van der Waals surface area contributed by atoms with Gasteiger partial charge in [0.15, 0.2) is 0 Å². The van der Waals surface area contributed by atoms with Crippen LogP contribution in [0.5, 0.6) is 0 Å². The first-order valence-electron chi connectivity index (χ1n) is 1.35. The second kappa shape index (κ2) is 11.9. The van der Waals surface area contributed by atoms with Gasteiger partial charge in [0, 0.05) is 0 Å². The Balaban J connectivity index is -0.000000120. The third kappa shape index (κ3) is 9.77. The van der Waals surface area contributed by atoms with E-state index in [1.807, 2.05) is 24.7 Å². The summed E-state index contributed by atoms with van der Waals surface area (Å²) in [6.07, 6.45) is 0. The van der Waals surface area contributed by atoms with Crippen molar-refractivity contribution in [3.63, 3.8) is 0 Å². The molecule has 0 fully saturated rings. The Hall–Kier alpha value is 3.86. The number of hydrogen-bond acceptors (Lipinski definition) is 0.